The largest absolute Gasteiger partial charge is 0.496 e. The van der Waals surface area contributed by atoms with E-state index in [0.717, 1.165) is 4.90 Å². The van der Waals surface area contributed by atoms with Crippen LogP contribution in [0.1, 0.15) is 42.2 Å². The average molecular weight is 404 g/mol. The minimum absolute atomic E-state index is 0.0390. The van der Waals surface area contributed by atoms with Crippen molar-refractivity contribution in [1.82, 2.24) is 5.32 Å². The van der Waals surface area contributed by atoms with Crippen molar-refractivity contribution in [3.05, 3.63) is 53.6 Å². The Morgan fingerprint density at radius 1 is 1.14 bits per heavy atom. The number of carboxylic acid groups (broad SMARTS) is 1. The Morgan fingerprint density at radius 2 is 1.82 bits per heavy atom. The van der Waals surface area contributed by atoms with Crippen LogP contribution < -0.4 is 14.8 Å². The summed E-state index contributed by atoms with van der Waals surface area (Å²) in [5, 5.41) is 12.1. The predicted octanol–water partition coefficient (Wildman–Crippen LogP) is 4.15. The summed E-state index contributed by atoms with van der Waals surface area (Å²) in [6.07, 6.45) is 1.74. The van der Waals surface area contributed by atoms with Crippen molar-refractivity contribution < 1.29 is 24.2 Å². The number of nitrogens with one attached hydrogen (secondary N) is 1. The summed E-state index contributed by atoms with van der Waals surface area (Å²) >= 11 is 1.54. The van der Waals surface area contributed by atoms with Gasteiger partial charge in [-0.3, -0.25) is 9.59 Å². The zero-order chi connectivity index (χ0) is 20.7. The molecule has 28 heavy (non-hydrogen) atoms. The molecule has 0 aromatic heterocycles. The van der Waals surface area contributed by atoms with Crippen LogP contribution in [-0.4, -0.2) is 36.5 Å². The van der Waals surface area contributed by atoms with Gasteiger partial charge < -0.3 is 19.9 Å². The average Bonchev–Trinajstić information content (AvgIpc) is 2.66. The van der Waals surface area contributed by atoms with Gasteiger partial charge in [0.05, 0.1) is 31.2 Å². The highest BCUT2D eigenvalue weighted by Gasteiger charge is 2.21. The van der Waals surface area contributed by atoms with Gasteiger partial charge in [0.1, 0.15) is 11.5 Å². The van der Waals surface area contributed by atoms with E-state index >= 15 is 0 Å². The number of carbonyl (C=O) groups is 2. The van der Waals surface area contributed by atoms with Crippen LogP contribution in [-0.2, 0) is 4.79 Å². The molecule has 2 N–H and O–H groups in total. The van der Waals surface area contributed by atoms with Crippen LogP contribution >= 0.6 is 11.8 Å². The molecule has 0 saturated carbocycles. The lowest BCUT2D eigenvalue weighted by Gasteiger charge is -2.19. The number of aliphatic carboxylic acids is 1. The number of thioether (sulfide) groups is 1. The van der Waals surface area contributed by atoms with E-state index in [-0.39, 0.29) is 12.5 Å². The minimum atomic E-state index is -1.00. The number of hydrogen-bond donors (Lipinski definition) is 2. The number of hydrogen-bond acceptors (Lipinski definition) is 5. The van der Waals surface area contributed by atoms with Crippen LogP contribution in [0.5, 0.6) is 11.5 Å². The lowest BCUT2D eigenvalue weighted by Crippen LogP contribution is -2.30. The Morgan fingerprint density at radius 3 is 2.36 bits per heavy atom. The van der Waals surface area contributed by atoms with E-state index in [4.69, 9.17) is 9.47 Å². The quantitative estimate of drug-likeness (QED) is 0.612. The Hall–Kier alpha value is -2.67. The fraction of sp³-hybridized carbons (Fsp3) is 0.333. The second-order valence-electron chi connectivity index (χ2n) is 6.43. The summed E-state index contributed by atoms with van der Waals surface area (Å²) in [4.78, 5) is 25.1. The maximum atomic E-state index is 12.8. The third kappa shape index (κ3) is 5.92. The first-order valence-electron chi connectivity index (χ1n) is 8.85. The third-order valence-corrected chi connectivity index (χ3v) is 4.72. The molecule has 6 nitrogen and oxygen atoms in total. The first kappa shape index (κ1) is 21.6. The molecule has 0 aliphatic carbocycles. The molecule has 0 saturated heterocycles. The SMILES string of the molecule is COc1cc(SC)ccc1C(=O)N[C@H](CC(=O)O)c1ccc(OC(C)C)cc1. The monoisotopic (exact) mass is 403 g/mol. The maximum absolute atomic E-state index is 12.8. The van der Waals surface area contributed by atoms with Gasteiger partial charge in [-0.05, 0) is 56.0 Å². The van der Waals surface area contributed by atoms with Gasteiger partial charge in [-0.2, -0.15) is 0 Å². The number of rotatable bonds is 9. The third-order valence-electron chi connectivity index (χ3n) is 3.99. The molecule has 2 aromatic rings. The molecular formula is C21H25NO5S. The molecule has 0 aliphatic rings. The number of carboxylic acids is 1. The summed E-state index contributed by atoms with van der Waals surface area (Å²) in [6, 6.07) is 11.7. The van der Waals surface area contributed by atoms with Crippen molar-refractivity contribution in [1.29, 1.82) is 0 Å². The Balaban J connectivity index is 2.24. The zero-order valence-corrected chi connectivity index (χ0v) is 17.2. The molecule has 7 heteroatoms. The lowest BCUT2D eigenvalue weighted by molar-refractivity contribution is -0.137. The van der Waals surface area contributed by atoms with Crippen LogP contribution in [0, 0.1) is 0 Å². The predicted molar refractivity (Wildman–Crippen MR) is 109 cm³/mol. The van der Waals surface area contributed by atoms with E-state index in [9.17, 15) is 14.7 Å². The van der Waals surface area contributed by atoms with E-state index in [0.29, 0.717) is 22.6 Å². The molecule has 1 amide bonds. The van der Waals surface area contributed by atoms with Gasteiger partial charge >= 0.3 is 5.97 Å². The molecular weight excluding hydrogens is 378 g/mol. The summed E-state index contributed by atoms with van der Waals surface area (Å²) < 4.78 is 10.9. The molecule has 2 aromatic carbocycles. The number of carbonyl (C=O) groups excluding carboxylic acids is 1. The van der Waals surface area contributed by atoms with Crippen molar-refractivity contribution in [3.63, 3.8) is 0 Å². The number of benzene rings is 2. The van der Waals surface area contributed by atoms with Crippen LogP contribution in [0.3, 0.4) is 0 Å². The van der Waals surface area contributed by atoms with Crippen LogP contribution in [0.4, 0.5) is 0 Å². The molecule has 150 valence electrons. The van der Waals surface area contributed by atoms with Gasteiger partial charge in [0.2, 0.25) is 0 Å². The highest BCUT2D eigenvalue weighted by molar-refractivity contribution is 7.98. The lowest BCUT2D eigenvalue weighted by atomic mass is 10.0. The van der Waals surface area contributed by atoms with Crippen molar-refractivity contribution in [3.8, 4) is 11.5 Å². The highest BCUT2D eigenvalue weighted by atomic mass is 32.2. The van der Waals surface area contributed by atoms with Crippen molar-refractivity contribution >= 4 is 23.6 Å². The van der Waals surface area contributed by atoms with Gasteiger partial charge in [0, 0.05) is 4.90 Å². The van der Waals surface area contributed by atoms with Gasteiger partial charge in [-0.1, -0.05) is 12.1 Å². The molecule has 0 bridgehead atoms. The van der Waals surface area contributed by atoms with Gasteiger partial charge in [-0.25, -0.2) is 0 Å². The Kier molecular flexibility index (Phi) is 7.75. The zero-order valence-electron chi connectivity index (χ0n) is 16.4. The van der Waals surface area contributed by atoms with Gasteiger partial charge in [-0.15, -0.1) is 11.8 Å². The number of ether oxygens (including phenoxy) is 2. The van der Waals surface area contributed by atoms with Crippen LogP contribution in [0.25, 0.3) is 0 Å². The van der Waals surface area contributed by atoms with Crippen LogP contribution in [0.2, 0.25) is 0 Å². The molecule has 0 unspecified atom stereocenters. The molecule has 0 fully saturated rings. The van der Waals surface area contributed by atoms with E-state index in [1.165, 1.54) is 7.11 Å². The van der Waals surface area contributed by atoms with Crippen molar-refractivity contribution in [2.45, 2.75) is 37.3 Å². The molecule has 0 spiro atoms. The number of methoxy groups -OCH3 is 1. The van der Waals surface area contributed by atoms with E-state index < -0.39 is 17.9 Å². The van der Waals surface area contributed by atoms with Crippen LogP contribution in [0.15, 0.2) is 47.4 Å². The van der Waals surface area contributed by atoms with E-state index in [1.807, 2.05) is 26.2 Å². The fourth-order valence-electron chi connectivity index (χ4n) is 2.70. The Bertz CT molecular complexity index is 820. The Labute approximate surface area is 169 Å². The summed E-state index contributed by atoms with van der Waals surface area (Å²) in [5.41, 5.74) is 1.04. The molecule has 1 atom stereocenters. The minimum Gasteiger partial charge on any atom is -0.496 e. The fourth-order valence-corrected chi connectivity index (χ4v) is 3.13. The van der Waals surface area contributed by atoms with E-state index in [2.05, 4.69) is 5.32 Å². The van der Waals surface area contributed by atoms with Crippen molar-refractivity contribution in [2.75, 3.05) is 13.4 Å². The first-order valence-corrected chi connectivity index (χ1v) is 10.1. The van der Waals surface area contributed by atoms with Gasteiger partial charge in [0.25, 0.3) is 5.91 Å². The second kappa shape index (κ2) is 10.0. The summed E-state index contributed by atoms with van der Waals surface area (Å²) in [6.45, 7) is 3.86. The summed E-state index contributed by atoms with van der Waals surface area (Å²) in [7, 11) is 1.50. The second-order valence-corrected chi connectivity index (χ2v) is 7.31. The molecule has 2 rings (SSSR count). The normalized spacial score (nSPS) is 11.8. The van der Waals surface area contributed by atoms with Crippen molar-refractivity contribution in [2.24, 2.45) is 0 Å². The smallest absolute Gasteiger partial charge is 0.305 e. The van der Waals surface area contributed by atoms with E-state index in [1.54, 1.807) is 48.2 Å². The molecule has 0 aliphatic heterocycles. The first-order chi connectivity index (χ1) is 13.3. The van der Waals surface area contributed by atoms with Gasteiger partial charge in [0.15, 0.2) is 0 Å². The maximum Gasteiger partial charge on any atom is 0.305 e. The summed E-state index contributed by atoms with van der Waals surface area (Å²) in [5.74, 6) is -0.261. The number of amides is 1. The standard InChI is InChI=1S/C21H25NO5S/c1-13(2)27-15-7-5-14(6-8-15)18(12-20(23)24)22-21(25)17-10-9-16(28-4)11-19(17)26-3/h5-11,13,18H,12H2,1-4H3,(H,22,25)(H,23,24)/t18-/m1/s1. The highest BCUT2D eigenvalue weighted by Crippen LogP contribution is 2.27. The molecule has 0 radical (unpaired) electrons. The molecule has 0 heterocycles. The topological polar surface area (TPSA) is 84.9 Å².